The molecule has 2 aromatic carbocycles. The van der Waals surface area contributed by atoms with Gasteiger partial charge < -0.3 is 14.5 Å². The lowest BCUT2D eigenvalue weighted by Gasteiger charge is -2.24. The minimum absolute atomic E-state index is 0.209. The van der Waals surface area contributed by atoms with Gasteiger partial charge in [0.25, 0.3) is 5.91 Å². The summed E-state index contributed by atoms with van der Waals surface area (Å²) < 4.78 is 5.32. The average molecular weight is 452 g/mol. The molecule has 1 atom stereocenters. The number of amides is 2. The van der Waals surface area contributed by atoms with Crippen molar-refractivity contribution < 1.29 is 14.3 Å². The molecule has 2 amide bonds. The van der Waals surface area contributed by atoms with Crippen LogP contribution < -0.4 is 15.0 Å². The molecule has 0 aliphatic carbocycles. The van der Waals surface area contributed by atoms with Gasteiger partial charge >= 0.3 is 0 Å². The number of ether oxygens (including phenoxy) is 1. The maximum absolute atomic E-state index is 13.1. The van der Waals surface area contributed by atoms with E-state index in [1.165, 1.54) is 18.4 Å². The number of carbonyl (C=O) groups excluding carboxylic acids is 2. The number of hydrogen-bond acceptors (Lipinski definition) is 7. The summed E-state index contributed by atoms with van der Waals surface area (Å²) >= 11 is 1.31. The Kier molecular flexibility index (Phi) is 6.36. The minimum atomic E-state index is -0.556. The van der Waals surface area contributed by atoms with Crippen LogP contribution in [0.4, 0.5) is 10.8 Å². The van der Waals surface area contributed by atoms with Crippen LogP contribution in [0.1, 0.15) is 23.2 Å². The normalized spacial score (nSPS) is 15.5. The van der Waals surface area contributed by atoms with Gasteiger partial charge in [0.2, 0.25) is 11.0 Å². The summed E-state index contributed by atoms with van der Waals surface area (Å²) in [4.78, 5) is 29.7. The summed E-state index contributed by atoms with van der Waals surface area (Å²) in [6.45, 7) is 0.522. The van der Waals surface area contributed by atoms with Crippen LogP contribution in [-0.4, -0.2) is 60.7 Å². The highest BCUT2D eigenvalue weighted by molar-refractivity contribution is 7.18. The van der Waals surface area contributed by atoms with Crippen LogP contribution in [0.25, 0.3) is 10.6 Å². The van der Waals surface area contributed by atoms with E-state index in [0.29, 0.717) is 29.4 Å². The molecule has 166 valence electrons. The van der Waals surface area contributed by atoms with Crippen LogP contribution in [-0.2, 0) is 4.79 Å². The van der Waals surface area contributed by atoms with E-state index in [9.17, 15) is 9.59 Å². The van der Waals surface area contributed by atoms with Crippen molar-refractivity contribution in [3.63, 3.8) is 0 Å². The second-order valence-corrected chi connectivity index (χ2v) is 8.68. The summed E-state index contributed by atoms with van der Waals surface area (Å²) in [7, 11) is 5.50. The molecule has 1 aromatic heterocycles. The van der Waals surface area contributed by atoms with Gasteiger partial charge in [-0.3, -0.25) is 14.9 Å². The van der Waals surface area contributed by atoms with Crippen molar-refractivity contribution in [1.29, 1.82) is 0 Å². The molecule has 1 aliphatic rings. The fraction of sp³-hybridized carbons (Fsp3) is 0.304. The Bertz CT molecular complexity index is 1110. The van der Waals surface area contributed by atoms with Gasteiger partial charge in [0.05, 0.1) is 12.7 Å². The van der Waals surface area contributed by atoms with Crippen LogP contribution in [0.15, 0.2) is 48.5 Å². The zero-order valence-electron chi connectivity index (χ0n) is 18.2. The molecule has 1 aliphatic heterocycles. The number of para-hydroxylation sites is 1. The SMILES string of the molecule is COc1ccccc1C(=O)N1CCCC1C(=O)Nc1nnc(-c2ccc(N(C)C)cc2)s1. The molecule has 4 rings (SSSR count). The molecule has 0 bridgehead atoms. The van der Waals surface area contributed by atoms with Gasteiger partial charge in [-0.25, -0.2) is 0 Å². The third-order valence-corrected chi connectivity index (χ3v) is 6.33. The van der Waals surface area contributed by atoms with Gasteiger partial charge in [0.1, 0.15) is 16.8 Å². The first-order chi connectivity index (χ1) is 15.5. The lowest BCUT2D eigenvalue weighted by Crippen LogP contribution is -2.43. The van der Waals surface area contributed by atoms with Crippen LogP contribution in [0.3, 0.4) is 0 Å². The first-order valence-corrected chi connectivity index (χ1v) is 11.2. The highest BCUT2D eigenvalue weighted by Gasteiger charge is 2.35. The Labute approximate surface area is 190 Å². The van der Waals surface area contributed by atoms with Crippen molar-refractivity contribution in [2.75, 3.05) is 38.0 Å². The molecule has 8 nitrogen and oxygen atoms in total. The van der Waals surface area contributed by atoms with Gasteiger partial charge in [0, 0.05) is 31.9 Å². The van der Waals surface area contributed by atoms with Crippen LogP contribution in [0, 0.1) is 0 Å². The van der Waals surface area contributed by atoms with E-state index < -0.39 is 6.04 Å². The fourth-order valence-corrected chi connectivity index (χ4v) is 4.49. The molecule has 1 unspecified atom stereocenters. The van der Waals surface area contributed by atoms with Gasteiger partial charge in [0.15, 0.2) is 0 Å². The van der Waals surface area contributed by atoms with E-state index in [4.69, 9.17) is 4.74 Å². The van der Waals surface area contributed by atoms with E-state index in [1.54, 1.807) is 23.1 Å². The van der Waals surface area contributed by atoms with Crippen molar-refractivity contribution in [1.82, 2.24) is 15.1 Å². The Morgan fingerprint density at radius 2 is 1.88 bits per heavy atom. The third kappa shape index (κ3) is 4.43. The Morgan fingerprint density at radius 3 is 2.59 bits per heavy atom. The van der Waals surface area contributed by atoms with Crippen molar-refractivity contribution in [2.45, 2.75) is 18.9 Å². The molecule has 2 heterocycles. The third-order valence-electron chi connectivity index (χ3n) is 5.44. The Hall–Kier alpha value is -3.46. The molecule has 0 spiro atoms. The second kappa shape index (κ2) is 9.35. The summed E-state index contributed by atoms with van der Waals surface area (Å²) in [5.41, 5.74) is 2.48. The highest BCUT2D eigenvalue weighted by Crippen LogP contribution is 2.29. The maximum atomic E-state index is 13.1. The molecule has 1 N–H and O–H groups in total. The molecule has 0 radical (unpaired) electrons. The summed E-state index contributed by atoms with van der Waals surface area (Å²) in [6, 6.07) is 14.5. The molecule has 1 fully saturated rings. The molecular formula is C23H25N5O3S. The van der Waals surface area contributed by atoms with E-state index in [2.05, 4.69) is 15.5 Å². The first kappa shape index (κ1) is 21.8. The monoisotopic (exact) mass is 451 g/mol. The highest BCUT2D eigenvalue weighted by atomic mass is 32.1. The molecule has 3 aromatic rings. The standard InChI is InChI=1S/C23H25N5O3S/c1-27(2)16-12-10-15(11-13-16)21-25-26-23(32-21)24-20(29)18-8-6-14-28(18)22(30)17-7-4-5-9-19(17)31-3/h4-5,7,9-13,18H,6,8,14H2,1-3H3,(H,24,26,29). The molecule has 1 saturated heterocycles. The smallest absolute Gasteiger partial charge is 0.258 e. The van der Waals surface area contributed by atoms with E-state index in [0.717, 1.165) is 22.7 Å². The number of carbonyl (C=O) groups is 2. The maximum Gasteiger partial charge on any atom is 0.258 e. The average Bonchev–Trinajstić information content (AvgIpc) is 3.48. The fourth-order valence-electron chi connectivity index (χ4n) is 3.74. The van der Waals surface area contributed by atoms with Gasteiger partial charge in [-0.1, -0.05) is 23.5 Å². The predicted octanol–water partition coefficient (Wildman–Crippen LogP) is 3.52. The van der Waals surface area contributed by atoms with Crippen LogP contribution in [0.2, 0.25) is 0 Å². The molecule has 0 saturated carbocycles. The number of likely N-dealkylation sites (tertiary alicyclic amines) is 1. The zero-order valence-corrected chi connectivity index (χ0v) is 19.1. The lowest BCUT2D eigenvalue weighted by molar-refractivity contribution is -0.119. The van der Waals surface area contributed by atoms with Crippen LogP contribution >= 0.6 is 11.3 Å². The van der Waals surface area contributed by atoms with Gasteiger partial charge in [-0.15, -0.1) is 10.2 Å². The quantitative estimate of drug-likeness (QED) is 0.617. The van der Waals surface area contributed by atoms with Crippen molar-refractivity contribution >= 4 is 34.0 Å². The number of methoxy groups -OCH3 is 1. The number of anilines is 2. The zero-order chi connectivity index (χ0) is 22.7. The molecular weight excluding hydrogens is 426 g/mol. The largest absolute Gasteiger partial charge is 0.496 e. The molecule has 32 heavy (non-hydrogen) atoms. The van der Waals surface area contributed by atoms with Crippen molar-refractivity contribution in [3.05, 3.63) is 54.1 Å². The topological polar surface area (TPSA) is 87.7 Å². The van der Waals surface area contributed by atoms with E-state index >= 15 is 0 Å². The Balaban J connectivity index is 1.46. The Morgan fingerprint density at radius 1 is 1.12 bits per heavy atom. The van der Waals surface area contributed by atoms with E-state index in [1.807, 2.05) is 49.3 Å². The predicted molar refractivity (Wildman–Crippen MR) is 125 cm³/mol. The first-order valence-electron chi connectivity index (χ1n) is 10.3. The molecule has 9 heteroatoms. The summed E-state index contributed by atoms with van der Waals surface area (Å²) in [5.74, 6) is 0.0352. The number of benzene rings is 2. The van der Waals surface area contributed by atoms with Crippen molar-refractivity contribution in [3.8, 4) is 16.3 Å². The number of hydrogen-bond donors (Lipinski definition) is 1. The van der Waals surface area contributed by atoms with Crippen molar-refractivity contribution in [2.24, 2.45) is 0 Å². The van der Waals surface area contributed by atoms with Gasteiger partial charge in [-0.05, 0) is 49.2 Å². The summed E-state index contributed by atoms with van der Waals surface area (Å²) in [5, 5.41) is 12.3. The minimum Gasteiger partial charge on any atom is -0.496 e. The van der Waals surface area contributed by atoms with Crippen LogP contribution in [0.5, 0.6) is 5.75 Å². The van der Waals surface area contributed by atoms with Gasteiger partial charge in [-0.2, -0.15) is 0 Å². The number of nitrogens with one attached hydrogen (secondary N) is 1. The number of aromatic nitrogens is 2. The van der Waals surface area contributed by atoms with E-state index in [-0.39, 0.29) is 11.8 Å². The number of rotatable bonds is 6. The summed E-state index contributed by atoms with van der Waals surface area (Å²) in [6.07, 6.45) is 1.36. The second-order valence-electron chi connectivity index (χ2n) is 7.70. The number of nitrogens with zero attached hydrogens (tertiary/aromatic N) is 4. The lowest BCUT2D eigenvalue weighted by atomic mass is 10.1.